The summed E-state index contributed by atoms with van der Waals surface area (Å²) in [6, 6.07) is 8.28. The molecule has 0 spiro atoms. The van der Waals surface area contributed by atoms with Crippen LogP contribution in [0.1, 0.15) is 60.7 Å². The summed E-state index contributed by atoms with van der Waals surface area (Å²) in [5, 5.41) is 9.53. The second-order valence-corrected chi connectivity index (χ2v) is 10.9. The molecule has 1 N–H and O–H groups in total. The van der Waals surface area contributed by atoms with Gasteiger partial charge >= 0.3 is 13.1 Å². The number of nitrogens with zero attached hydrogens (tertiary/aromatic N) is 2. The smallest absolute Gasteiger partial charge is 0.477 e. The number of aromatic carboxylic acids is 1. The van der Waals surface area contributed by atoms with Gasteiger partial charge in [0.1, 0.15) is 15.5 Å². The first kappa shape index (κ1) is 22.6. The van der Waals surface area contributed by atoms with Crippen molar-refractivity contribution in [3.05, 3.63) is 46.1 Å². The summed E-state index contributed by atoms with van der Waals surface area (Å²) in [5.74, 6) is 0.0250. The van der Waals surface area contributed by atoms with Gasteiger partial charge in [0.15, 0.2) is 0 Å². The Kier molecular flexibility index (Phi) is 5.44. The van der Waals surface area contributed by atoms with Gasteiger partial charge < -0.3 is 23.7 Å². The Hall–Kier alpha value is -2.20. The van der Waals surface area contributed by atoms with Crippen LogP contribution in [0.2, 0.25) is 0 Å². The quantitative estimate of drug-likeness (QED) is 0.555. The predicted octanol–water partition coefficient (Wildman–Crippen LogP) is 3.78. The Bertz CT molecular complexity index is 1190. The van der Waals surface area contributed by atoms with Crippen LogP contribution < -0.4 is 5.46 Å². The van der Waals surface area contributed by atoms with Crippen LogP contribution >= 0.6 is 11.3 Å². The molecule has 0 radical (unpaired) electrons. The van der Waals surface area contributed by atoms with Crippen molar-refractivity contribution >= 4 is 40.2 Å². The Labute approximate surface area is 197 Å². The van der Waals surface area contributed by atoms with Crippen LogP contribution in [0.15, 0.2) is 24.3 Å². The third-order valence-corrected chi connectivity index (χ3v) is 8.31. The molecule has 4 heterocycles. The molecule has 0 saturated carbocycles. The molecule has 1 unspecified atom stereocenters. The van der Waals surface area contributed by atoms with Gasteiger partial charge in [-0.2, -0.15) is 0 Å². The van der Waals surface area contributed by atoms with Crippen molar-refractivity contribution in [2.24, 2.45) is 0 Å². The van der Waals surface area contributed by atoms with E-state index in [0.29, 0.717) is 17.8 Å². The van der Waals surface area contributed by atoms with Crippen molar-refractivity contribution in [3.8, 4) is 0 Å². The van der Waals surface area contributed by atoms with Gasteiger partial charge in [0.25, 0.3) is 0 Å². The van der Waals surface area contributed by atoms with Crippen LogP contribution in [0, 0.1) is 6.92 Å². The Morgan fingerprint density at radius 3 is 2.39 bits per heavy atom. The highest BCUT2D eigenvalue weighted by Crippen LogP contribution is 2.37. The lowest BCUT2D eigenvalue weighted by atomic mass is 9.79. The zero-order valence-electron chi connectivity index (χ0n) is 19.7. The molecule has 1 atom stereocenters. The molecule has 0 bridgehead atoms. The third kappa shape index (κ3) is 3.91. The van der Waals surface area contributed by atoms with Crippen molar-refractivity contribution in [2.45, 2.75) is 71.3 Å². The second-order valence-electron chi connectivity index (χ2n) is 9.94. The van der Waals surface area contributed by atoms with E-state index < -0.39 is 5.97 Å². The molecular formula is C24H29BN2O5S. The summed E-state index contributed by atoms with van der Waals surface area (Å²) >= 11 is 1.24. The van der Waals surface area contributed by atoms with Crippen molar-refractivity contribution in [1.29, 1.82) is 0 Å². The highest BCUT2D eigenvalue weighted by molar-refractivity contribution is 7.20. The number of hydrogen-bond acceptors (Lipinski definition) is 6. The molecule has 7 nitrogen and oxygen atoms in total. The van der Waals surface area contributed by atoms with Gasteiger partial charge in [-0.05, 0) is 52.1 Å². The summed E-state index contributed by atoms with van der Waals surface area (Å²) in [6.45, 7) is 11.5. The van der Waals surface area contributed by atoms with Gasteiger partial charge in [-0.15, -0.1) is 11.3 Å². The normalized spacial score (nSPS) is 21.5. The highest BCUT2D eigenvalue weighted by atomic mass is 32.1. The summed E-state index contributed by atoms with van der Waals surface area (Å²) in [4.78, 5) is 17.6. The van der Waals surface area contributed by atoms with E-state index in [-0.39, 0.29) is 24.4 Å². The van der Waals surface area contributed by atoms with Crippen molar-refractivity contribution in [1.82, 2.24) is 9.55 Å². The largest absolute Gasteiger partial charge is 0.494 e. The topological polar surface area (TPSA) is 82.8 Å². The standard InChI is InChI=1S/C24H29BN2O5S/c1-14-19-21(33-20(14)22(28)29)26-18(27(19)13-17-10-11-30-17)12-15-6-8-16(9-7-15)25-31-23(2,3)24(4,5)32-25/h6-9,17H,10-13H2,1-5H3,(H,28,29). The first-order chi connectivity index (χ1) is 15.6. The summed E-state index contributed by atoms with van der Waals surface area (Å²) in [6.07, 6.45) is 1.82. The zero-order valence-corrected chi connectivity index (χ0v) is 20.5. The summed E-state index contributed by atoms with van der Waals surface area (Å²) in [7, 11) is -0.385. The van der Waals surface area contributed by atoms with E-state index in [1.807, 2.05) is 6.92 Å². The first-order valence-corrected chi connectivity index (χ1v) is 12.2. The maximum Gasteiger partial charge on any atom is 0.494 e. The van der Waals surface area contributed by atoms with Gasteiger partial charge in [0.2, 0.25) is 0 Å². The number of carbonyl (C=O) groups is 1. The minimum absolute atomic E-state index is 0.152. The SMILES string of the molecule is Cc1c(C(=O)O)sc2nc(Cc3ccc(B4OC(C)(C)C(C)(C)O4)cc3)n(CC3CCO3)c12. The molecular weight excluding hydrogens is 439 g/mol. The van der Waals surface area contributed by atoms with Crippen LogP contribution in [0.3, 0.4) is 0 Å². The molecule has 2 fully saturated rings. The van der Waals surface area contributed by atoms with E-state index in [0.717, 1.165) is 45.8 Å². The lowest BCUT2D eigenvalue weighted by Crippen LogP contribution is -2.41. The molecule has 3 aromatic rings. The van der Waals surface area contributed by atoms with Crippen LogP contribution in [-0.2, 0) is 27.0 Å². The fourth-order valence-corrected chi connectivity index (χ4v) is 5.35. The van der Waals surface area contributed by atoms with E-state index in [9.17, 15) is 9.90 Å². The highest BCUT2D eigenvalue weighted by Gasteiger charge is 2.51. The van der Waals surface area contributed by atoms with Crippen LogP contribution in [-0.4, -0.2) is 51.7 Å². The Morgan fingerprint density at radius 2 is 1.85 bits per heavy atom. The predicted molar refractivity (Wildman–Crippen MR) is 129 cm³/mol. The zero-order chi connectivity index (χ0) is 23.5. The number of fused-ring (bicyclic) bond motifs is 1. The fraction of sp³-hybridized carbons (Fsp3) is 0.500. The molecule has 2 aromatic heterocycles. The van der Waals surface area contributed by atoms with E-state index in [2.05, 4.69) is 56.5 Å². The maximum absolute atomic E-state index is 11.6. The molecule has 5 rings (SSSR count). The number of ether oxygens (including phenoxy) is 1. The number of rotatable bonds is 6. The van der Waals surface area contributed by atoms with Gasteiger partial charge in [-0.25, -0.2) is 9.78 Å². The number of benzene rings is 1. The molecule has 2 saturated heterocycles. The molecule has 0 aliphatic carbocycles. The molecule has 174 valence electrons. The van der Waals surface area contributed by atoms with Gasteiger partial charge in [-0.3, -0.25) is 0 Å². The number of carboxylic acid groups (broad SMARTS) is 1. The maximum atomic E-state index is 11.6. The van der Waals surface area contributed by atoms with Gasteiger partial charge in [0, 0.05) is 18.6 Å². The van der Waals surface area contributed by atoms with E-state index in [1.54, 1.807) is 0 Å². The van der Waals surface area contributed by atoms with E-state index in [1.165, 1.54) is 11.3 Å². The van der Waals surface area contributed by atoms with Crippen molar-refractivity contribution in [3.63, 3.8) is 0 Å². The third-order valence-electron chi connectivity index (χ3n) is 7.15. The lowest BCUT2D eigenvalue weighted by Gasteiger charge is -2.32. The Balaban J connectivity index is 1.42. The first-order valence-electron chi connectivity index (χ1n) is 11.3. The van der Waals surface area contributed by atoms with E-state index in [4.69, 9.17) is 19.0 Å². The van der Waals surface area contributed by atoms with Crippen LogP contribution in [0.5, 0.6) is 0 Å². The number of thiophene rings is 1. The van der Waals surface area contributed by atoms with Crippen molar-refractivity contribution < 1.29 is 23.9 Å². The average Bonchev–Trinajstić information content (AvgIpc) is 3.27. The molecule has 33 heavy (non-hydrogen) atoms. The molecule has 9 heteroatoms. The minimum atomic E-state index is -0.901. The number of hydrogen-bond donors (Lipinski definition) is 1. The molecule has 0 amide bonds. The number of aryl methyl sites for hydroxylation is 1. The van der Waals surface area contributed by atoms with Crippen LogP contribution in [0.4, 0.5) is 0 Å². The number of imidazole rings is 1. The minimum Gasteiger partial charge on any atom is -0.477 e. The number of carboxylic acids is 1. The molecule has 2 aliphatic rings. The Morgan fingerprint density at radius 1 is 1.21 bits per heavy atom. The van der Waals surface area contributed by atoms with Crippen molar-refractivity contribution in [2.75, 3.05) is 6.61 Å². The molecule has 2 aliphatic heterocycles. The summed E-state index contributed by atoms with van der Waals surface area (Å²) < 4.78 is 20.1. The monoisotopic (exact) mass is 468 g/mol. The lowest BCUT2D eigenvalue weighted by molar-refractivity contribution is -0.0589. The van der Waals surface area contributed by atoms with E-state index >= 15 is 0 Å². The van der Waals surface area contributed by atoms with Gasteiger partial charge in [-0.1, -0.05) is 24.3 Å². The second kappa shape index (κ2) is 7.94. The summed E-state index contributed by atoms with van der Waals surface area (Å²) in [5.41, 5.74) is 3.06. The fourth-order valence-electron chi connectivity index (χ4n) is 4.31. The number of aromatic nitrogens is 2. The van der Waals surface area contributed by atoms with Crippen LogP contribution in [0.25, 0.3) is 10.3 Å². The molecule has 1 aromatic carbocycles. The van der Waals surface area contributed by atoms with Gasteiger partial charge in [0.05, 0.1) is 29.4 Å². The average molecular weight is 468 g/mol.